The van der Waals surface area contributed by atoms with Gasteiger partial charge in [-0.3, -0.25) is 4.79 Å². The Hall–Kier alpha value is -2.85. The van der Waals surface area contributed by atoms with Gasteiger partial charge in [0.15, 0.2) is 0 Å². The van der Waals surface area contributed by atoms with E-state index >= 15 is 0 Å². The maximum atomic E-state index is 14.5. The van der Waals surface area contributed by atoms with Crippen molar-refractivity contribution in [2.75, 3.05) is 43.4 Å². The van der Waals surface area contributed by atoms with E-state index in [0.717, 1.165) is 30.1 Å². The third kappa shape index (κ3) is 4.05. The van der Waals surface area contributed by atoms with Crippen LogP contribution >= 0.6 is 11.3 Å². The van der Waals surface area contributed by atoms with Crippen molar-refractivity contribution in [1.82, 2.24) is 20.6 Å². The van der Waals surface area contributed by atoms with Crippen molar-refractivity contribution in [3.05, 3.63) is 46.1 Å². The average molecular weight is 433 g/mol. The molecule has 1 aromatic carbocycles. The van der Waals surface area contributed by atoms with Crippen LogP contribution in [0.5, 0.6) is 0 Å². The fourth-order valence-electron chi connectivity index (χ4n) is 3.45. The van der Waals surface area contributed by atoms with Gasteiger partial charge in [0.05, 0.1) is 17.1 Å². The first-order valence-electron chi connectivity index (χ1n) is 9.67. The van der Waals surface area contributed by atoms with Gasteiger partial charge in [0.25, 0.3) is 5.91 Å². The zero-order chi connectivity index (χ0) is 21.3. The Morgan fingerprint density at radius 3 is 2.83 bits per heavy atom. The van der Waals surface area contributed by atoms with Crippen molar-refractivity contribution in [3.63, 3.8) is 0 Å². The van der Waals surface area contributed by atoms with Crippen molar-refractivity contribution in [2.45, 2.75) is 13.3 Å². The van der Waals surface area contributed by atoms with Gasteiger partial charge in [-0.25, -0.2) is 18.7 Å². The highest BCUT2D eigenvalue weighted by molar-refractivity contribution is 7.21. The van der Waals surface area contributed by atoms with Gasteiger partial charge < -0.3 is 21.3 Å². The zero-order valence-electron chi connectivity index (χ0n) is 16.5. The van der Waals surface area contributed by atoms with E-state index < -0.39 is 11.6 Å². The van der Waals surface area contributed by atoms with Gasteiger partial charge in [0, 0.05) is 45.0 Å². The summed E-state index contributed by atoms with van der Waals surface area (Å²) >= 11 is 1.16. The Kier molecular flexibility index (Phi) is 5.78. The minimum absolute atomic E-state index is 0.149. The van der Waals surface area contributed by atoms with Crippen LogP contribution in [0, 0.1) is 18.6 Å². The van der Waals surface area contributed by atoms with Gasteiger partial charge in [0.1, 0.15) is 26.9 Å². The van der Waals surface area contributed by atoms with Crippen molar-refractivity contribution >= 4 is 39.0 Å². The maximum Gasteiger partial charge on any atom is 0.263 e. The zero-order valence-corrected chi connectivity index (χ0v) is 17.3. The Morgan fingerprint density at radius 1 is 1.30 bits per heavy atom. The van der Waals surface area contributed by atoms with Crippen LogP contribution in [0.2, 0.25) is 0 Å². The number of carbonyl (C=O) groups is 1. The molecule has 158 valence electrons. The molecule has 1 amide bonds. The number of hydrogen-bond donors (Lipinski definition) is 3. The molecule has 1 fully saturated rings. The average Bonchev–Trinajstić information content (AvgIpc) is 3.06. The van der Waals surface area contributed by atoms with Crippen LogP contribution in [0.1, 0.15) is 20.9 Å². The lowest BCUT2D eigenvalue weighted by Crippen LogP contribution is -2.44. The van der Waals surface area contributed by atoms with Gasteiger partial charge in [-0.15, -0.1) is 11.3 Å². The summed E-state index contributed by atoms with van der Waals surface area (Å²) in [5, 5.41) is 5.90. The van der Waals surface area contributed by atoms with Gasteiger partial charge >= 0.3 is 0 Å². The summed E-state index contributed by atoms with van der Waals surface area (Å²) in [5.74, 6) is -1.32. The fraction of sp³-hybridized carbons (Fsp3) is 0.350. The Bertz CT molecular complexity index is 1100. The van der Waals surface area contributed by atoms with Crippen LogP contribution in [-0.4, -0.2) is 48.6 Å². The van der Waals surface area contributed by atoms with Gasteiger partial charge in [-0.2, -0.15) is 0 Å². The first-order valence-corrected chi connectivity index (χ1v) is 10.5. The molecule has 0 unspecified atom stereocenters. The third-order valence-electron chi connectivity index (χ3n) is 5.02. The van der Waals surface area contributed by atoms with Crippen molar-refractivity contribution in [3.8, 4) is 0 Å². The molecule has 4 rings (SSSR count). The van der Waals surface area contributed by atoms with Crippen molar-refractivity contribution in [1.29, 1.82) is 0 Å². The number of fused-ring (bicyclic) bond motifs is 1. The van der Waals surface area contributed by atoms with Gasteiger partial charge in [-0.05, 0) is 25.0 Å². The second-order valence-corrected chi connectivity index (χ2v) is 8.15. The molecule has 4 N–H and O–H groups in total. The molecular formula is C20H22F2N6OS. The number of thiophene rings is 1. The van der Waals surface area contributed by atoms with Crippen LogP contribution in [0.3, 0.4) is 0 Å². The number of halogens is 2. The molecule has 0 radical (unpaired) electrons. The number of nitrogens with two attached hydrogens (primary N) is 1. The number of aryl methyl sites for hydroxylation is 1. The second kappa shape index (κ2) is 8.49. The van der Waals surface area contributed by atoms with E-state index in [9.17, 15) is 13.6 Å². The molecule has 7 nitrogen and oxygen atoms in total. The second-order valence-electron chi connectivity index (χ2n) is 7.15. The van der Waals surface area contributed by atoms with E-state index in [1.807, 2.05) is 11.8 Å². The molecule has 30 heavy (non-hydrogen) atoms. The number of benzene rings is 1. The number of carbonyl (C=O) groups excluding carboxylic acids is 1. The van der Waals surface area contributed by atoms with E-state index in [1.165, 1.54) is 12.1 Å². The van der Waals surface area contributed by atoms with E-state index in [-0.39, 0.29) is 35.8 Å². The molecule has 10 heteroatoms. The van der Waals surface area contributed by atoms with Crippen molar-refractivity contribution < 1.29 is 13.6 Å². The molecule has 0 spiro atoms. The summed E-state index contributed by atoms with van der Waals surface area (Å²) in [7, 11) is 0. The number of nitrogens with zero attached hydrogens (tertiary/aromatic N) is 3. The number of amides is 1. The molecule has 3 aromatic rings. The van der Waals surface area contributed by atoms with Crippen LogP contribution in [0.4, 0.5) is 20.2 Å². The van der Waals surface area contributed by atoms with Gasteiger partial charge in [0.2, 0.25) is 0 Å². The molecule has 0 bridgehead atoms. The number of aromatic nitrogens is 2. The molecule has 2 aromatic heterocycles. The predicted octanol–water partition coefficient (Wildman–Crippen LogP) is 2.24. The number of rotatable bonds is 5. The van der Waals surface area contributed by atoms with E-state index in [0.29, 0.717) is 28.3 Å². The minimum Gasteiger partial charge on any atom is -0.396 e. The quantitative estimate of drug-likeness (QED) is 0.572. The van der Waals surface area contributed by atoms with Crippen LogP contribution < -0.4 is 21.3 Å². The molecule has 1 aliphatic heterocycles. The van der Waals surface area contributed by atoms with E-state index in [1.54, 1.807) is 6.20 Å². The lowest BCUT2D eigenvalue weighted by Gasteiger charge is -2.30. The minimum atomic E-state index is -0.482. The molecule has 1 saturated heterocycles. The van der Waals surface area contributed by atoms with Crippen LogP contribution in [-0.2, 0) is 6.42 Å². The Morgan fingerprint density at radius 2 is 2.07 bits per heavy atom. The third-order valence-corrected chi connectivity index (χ3v) is 6.11. The highest BCUT2D eigenvalue weighted by Crippen LogP contribution is 2.30. The molecule has 0 aliphatic carbocycles. The number of piperazine rings is 1. The van der Waals surface area contributed by atoms with Crippen LogP contribution in [0.25, 0.3) is 10.3 Å². The standard InChI is InChI=1S/C20H22F2N6OS/c1-11-10-26-17-16(23)18(30-20(17)27-11)19(29)25-3-2-12-8-14(22)15(9-13(12)21)28-6-4-24-5-7-28/h8-10,24H,2-7,23H2,1H3,(H,25,29). The summed E-state index contributed by atoms with van der Waals surface area (Å²) in [5.41, 5.74) is 8.03. The number of nitrogen functional groups attached to an aromatic ring is 1. The molecule has 3 heterocycles. The van der Waals surface area contributed by atoms with Crippen molar-refractivity contribution in [2.24, 2.45) is 0 Å². The molecule has 0 atom stereocenters. The SMILES string of the molecule is Cc1cnc2c(N)c(C(=O)NCCc3cc(F)c(N4CCNCC4)cc3F)sc2n1. The van der Waals surface area contributed by atoms with E-state index in [2.05, 4.69) is 20.6 Å². The van der Waals surface area contributed by atoms with E-state index in [4.69, 9.17) is 5.73 Å². The van der Waals surface area contributed by atoms with Gasteiger partial charge in [-0.1, -0.05) is 0 Å². The maximum absolute atomic E-state index is 14.5. The first kappa shape index (κ1) is 20.4. The monoisotopic (exact) mass is 432 g/mol. The summed E-state index contributed by atoms with van der Waals surface area (Å²) in [6.07, 6.45) is 1.76. The summed E-state index contributed by atoms with van der Waals surface area (Å²) < 4.78 is 29.0. The summed E-state index contributed by atoms with van der Waals surface area (Å²) in [6.45, 7) is 4.69. The lowest BCUT2D eigenvalue weighted by atomic mass is 10.1. The summed E-state index contributed by atoms with van der Waals surface area (Å²) in [4.78, 5) is 23.8. The molecular weight excluding hydrogens is 410 g/mol. The first-order chi connectivity index (χ1) is 14.4. The lowest BCUT2D eigenvalue weighted by molar-refractivity contribution is 0.0959. The Labute approximate surface area is 176 Å². The highest BCUT2D eigenvalue weighted by atomic mass is 32.1. The number of anilines is 2. The summed E-state index contributed by atoms with van der Waals surface area (Å²) in [6, 6.07) is 2.45. The Balaban J connectivity index is 1.42. The molecule has 0 saturated carbocycles. The topological polar surface area (TPSA) is 96.2 Å². The number of hydrogen-bond acceptors (Lipinski definition) is 7. The van der Waals surface area contributed by atoms with Crippen LogP contribution in [0.15, 0.2) is 18.3 Å². The smallest absolute Gasteiger partial charge is 0.263 e. The molecule has 1 aliphatic rings. The number of nitrogens with one attached hydrogen (secondary N) is 2. The largest absolute Gasteiger partial charge is 0.396 e. The fourth-order valence-corrected chi connectivity index (χ4v) is 4.46. The normalized spacial score (nSPS) is 14.3. The predicted molar refractivity (Wildman–Crippen MR) is 114 cm³/mol. The highest BCUT2D eigenvalue weighted by Gasteiger charge is 2.20.